The number of alkyl halides is 1. The predicted octanol–water partition coefficient (Wildman–Crippen LogP) is 16.3. The molecule has 83 heavy (non-hydrogen) atoms. The van der Waals surface area contributed by atoms with E-state index in [1.807, 2.05) is 66.7 Å². The number of ether oxygens (including phenoxy) is 3. The first-order valence-corrected chi connectivity index (χ1v) is 29.5. The third-order valence-corrected chi connectivity index (χ3v) is 16.1. The van der Waals surface area contributed by atoms with Gasteiger partial charge in [0.05, 0.1) is 68.5 Å². The van der Waals surface area contributed by atoms with Crippen molar-refractivity contribution in [1.29, 1.82) is 0 Å². The first-order chi connectivity index (χ1) is 39.7. The summed E-state index contributed by atoms with van der Waals surface area (Å²) in [5.41, 5.74) is 14.9. The van der Waals surface area contributed by atoms with Crippen LogP contribution in [0.4, 0.5) is 13.2 Å². The third kappa shape index (κ3) is 15.2. The molecule has 0 radical (unpaired) electrons. The summed E-state index contributed by atoms with van der Waals surface area (Å²) in [7, 11) is 3.17. The summed E-state index contributed by atoms with van der Waals surface area (Å²) in [6.07, 6.45) is 5.63. The molecule has 6 aromatic heterocycles. The summed E-state index contributed by atoms with van der Waals surface area (Å²) in [4.78, 5) is 25.2. The number of benzene rings is 6. The predicted molar refractivity (Wildman–Crippen MR) is 338 cm³/mol. The highest BCUT2D eigenvalue weighted by atomic mass is 79.9. The molecule has 0 aliphatic heterocycles. The maximum Gasteiger partial charge on any atom is 0.490 e. The van der Waals surface area contributed by atoms with Crippen LogP contribution in [0.5, 0.6) is 17.6 Å². The van der Waals surface area contributed by atoms with Gasteiger partial charge in [-0.15, -0.1) is 46.4 Å². The number of aromatic nitrogens is 6. The summed E-state index contributed by atoms with van der Waals surface area (Å²) in [6.45, 7) is 0. The standard InChI is InChI=1S/2C20H14ClFN2OS.C14H8BrClFNS.C6H8BNO3.ClH/c2*1-25-17-6-5-12(10-23-17)7-14-9-16-20(24-11-26-16)18(19(14)22)13-3-2-4-15(21)8-13;15-6-9-5-11-14(18-7-19-11)12(13(9)17)8-2-1-3-10(16)4-8;1-11-6-3-2-5(4-8-6)7(9)10;/h2*2-6,8-11H,7H2,1H3;1-5,7H,6H2;2-4,9-10H,1H3;1H. The molecule has 422 valence electrons. The van der Waals surface area contributed by atoms with Gasteiger partial charge >= 0.3 is 7.12 Å². The van der Waals surface area contributed by atoms with Gasteiger partial charge in [-0.05, 0) is 99.6 Å². The molecule has 12 rings (SSSR count). The Bertz CT molecular complexity index is 3980. The zero-order valence-corrected chi connectivity index (χ0v) is 51.0. The molecule has 0 aliphatic carbocycles. The highest BCUT2D eigenvalue weighted by Crippen LogP contribution is 2.39. The second kappa shape index (κ2) is 29.2. The van der Waals surface area contributed by atoms with E-state index < -0.39 is 7.12 Å². The fourth-order valence-electron chi connectivity index (χ4n) is 8.55. The van der Waals surface area contributed by atoms with Crippen LogP contribution >= 0.6 is 97.2 Å². The van der Waals surface area contributed by atoms with Crippen LogP contribution in [-0.2, 0) is 18.2 Å². The van der Waals surface area contributed by atoms with Gasteiger partial charge in [-0.3, -0.25) is 0 Å². The van der Waals surface area contributed by atoms with E-state index in [9.17, 15) is 4.39 Å². The lowest BCUT2D eigenvalue weighted by atomic mass is 9.82. The molecule has 6 aromatic carbocycles. The van der Waals surface area contributed by atoms with Gasteiger partial charge in [0.1, 0.15) is 17.5 Å². The zero-order chi connectivity index (χ0) is 57.9. The minimum Gasteiger partial charge on any atom is -0.481 e. The van der Waals surface area contributed by atoms with Crippen LogP contribution in [-0.4, -0.2) is 68.4 Å². The summed E-state index contributed by atoms with van der Waals surface area (Å²) >= 11 is 26.0. The maximum absolute atomic E-state index is 15.4. The zero-order valence-electron chi connectivity index (χ0n) is 43.9. The van der Waals surface area contributed by atoms with Crippen molar-refractivity contribution < 1.29 is 37.4 Å². The van der Waals surface area contributed by atoms with Crippen molar-refractivity contribution in [3.05, 3.63) is 223 Å². The molecule has 12 aromatic rings. The number of pyridine rings is 3. The molecule has 0 fully saturated rings. The Labute approximate surface area is 517 Å². The van der Waals surface area contributed by atoms with Crippen LogP contribution in [0, 0.1) is 17.5 Å². The van der Waals surface area contributed by atoms with Crippen LogP contribution in [0.3, 0.4) is 0 Å². The van der Waals surface area contributed by atoms with Gasteiger partial charge in [0.25, 0.3) is 0 Å². The van der Waals surface area contributed by atoms with Crippen molar-refractivity contribution in [2.75, 3.05) is 21.3 Å². The van der Waals surface area contributed by atoms with Crippen LogP contribution in [0.25, 0.3) is 64.0 Å². The second-order valence-corrected chi connectivity index (χ2v) is 22.2. The number of halogens is 8. The van der Waals surface area contributed by atoms with Crippen LogP contribution in [0.1, 0.15) is 27.8 Å². The lowest BCUT2D eigenvalue weighted by Crippen LogP contribution is -2.29. The van der Waals surface area contributed by atoms with Crippen molar-refractivity contribution in [2.45, 2.75) is 18.2 Å². The summed E-state index contributed by atoms with van der Waals surface area (Å²) in [6, 6.07) is 37.6. The van der Waals surface area contributed by atoms with Crippen LogP contribution in [0.2, 0.25) is 15.1 Å². The number of hydrogen-bond donors (Lipinski definition) is 2. The minimum absolute atomic E-state index is 0. The molecule has 0 unspecified atom stereocenters. The topological polar surface area (TPSA) is 145 Å². The maximum atomic E-state index is 15.4. The van der Waals surface area contributed by atoms with Crippen LogP contribution < -0.4 is 19.7 Å². The van der Waals surface area contributed by atoms with Crippen molar-refractivity contribution in [3.8, 4) is 51.0 Å². The quantitative estimate of drug-likeness (QED) is 0.0890. The first kappa shape index (κ1) is 62.3. The van der Waals surface area contributed by atoms with Gasteiger partial charge in [-0.1, -0.05) is 105 Å². The Hall–Kier alpha value is -6.75. The molecule has 0 saturated heterocycles. The van der Waals surface area contributed by atoms with Crippen molar-refractivity contribution in [3.63, 3.8) is 0 Å². The summed E-state index contributed by atoms with van der Waals surface area (Å²) < 4.78 is 63.2. The minimum atomic E-state index is -1.46. The van der Waals surface area contributed by atoms with E-state index in [1.54, 1.807) is 97.7 Å². The van der Waals surface area contributed by atoms with E-state index in [2.05, 4.69) is 45.8 Å². The second-order valence-electron chi connectivity index (χ2n) is 17.7. The van der Waals surface area contributed by atoms with Gasteiger partial charge in [-0.2, -0.15) is 0 Å². The van der Waals surface area contributed by atoms with Gasteiger partial charge in [0.15, 0.2) is 0 Å². The average molecular weight is 1320 g/mol. The van der Waals surface area contributed by atoms with E-state index in [1.165, 1.54) is 53.4 Å². The van der Waals surface area contributed by atoms with Gasteiger partial charge < -0.3 is 24.3 Å². The van der Waals surface area contributed by atoms with Gasteiger partial charge in [-0.25, -0.2) is 43.1 Å². The summed E-state index contributed by atoms with van der Waals surface area (Å²) in [5.74, 6) is 0.730. The Balaban J connectivity index is 0.000000150. The van der Waals surface area contributed by atoms with E-state index in [0.29, 0.717) is 106 Å². The Morgan fingerprint density at radius 3 is 1.12 bits per heavy atom. The van der Waals surface area contributed by atoms with Crippen molar-refractivity contribution in [2.24, 2.45) is 0 Å². The molecule has 11 nitrogen and oxygen atoms in total. The largest absolute Gasteiger partial charge is 0.490 e. The van der Waals surface area contributed by atoms with E-state index in [-0.39, 0.29) is 29.9 Å². The highest BCUT2D eigenvalue weighted by molar-refractivity contribution is 9.08. The molecule has 2 N–H and O–H groups in total. The number of nitrogens with zero attached hydrogens (tertiary/aromatic N) is 6. The number of hydrogen-bond acceptors (Lipinski definition) is 14. The van der Waals surface area contributed by atoms with E-state index in [4.69, 9.17) is 59.1 Å². The van der Waals surface area contributed by atoms with Crippen molar-refractivity contribution in [1.82, 2.24) is 29.9 Å². The Morgan fingerprint density at radius 1 is 0.470 bits per heavy atom. The van der Waals surface area contributed by atoms with Crippen molar-refractivity contribution >= 4 is 140 Å². The van der Waals surface area contributed by atoms with Crippen LogP contribution in [0.15, 0.2) is 163 Å². The highest BCUT2D eigenvalue weighted by Gasteiger charge is 2.21. The molecule has 0 amide bonds. The van der Waals surface area contributed by atoms with E-state index >= 15 is 8.78 Å². The van der Waals surface area contributed by atoms with E-state index in [0.717, 1.165) is 41.9 Å². The molecule has 0 aliphatic rings. The lowest BCUT2D eigenvalue weighted by Gasteiger charge is -2.11. The summed E-state index contributed by atoms with van der Waals surface area (Å²) in [5, 5.41) is 19.5. The van der Waals surface area contributed by atoms with Gasteiger partial charge in [0.2, 0.25) is 17.6 Å². The SMILES string of the molecule is COc1ccc(B(O)O)cn1.COc1ccc(Cc2cc3scnc3c(-c3cccc(Cl)c3)c2F)cn1.COc1ccc(Cc2cc3scnc3c(-c3cccc(Cl)c3)c2F)cn1.Cl.Fc1c(CBr)cc2scnc2c1-c1cccc(Cl)c1. The monoisotopic (exact) mass is 1310 g/mol. The number of rotatable bonds is 12. The Kier molecular flexibility index (Phi) is 21.9. The normalized spacial score (nSPS) is 10.7. The molecule has 0 bridgehead atoms. The molecule has 0 atom stereocenters. The smallest absolute Gasteiger partial charge is 0.481 e. The molecular weight excluding hydrogens is 1270 g/mol. The molecular formula is C60H45BBrCl4F3N6O5S3. The first-order valence-electron chi connectivity index (χ1n) is 24.6. The average Bonchev–Trinajstić information content (AvgIpc) is 4.51. The third-order valence-electron chi connectivity index (χ3n) is 12.5. The number of thiazole rings is 3. The molecule has 23 heteroatoms. The molecule has 6 heterocycles. The molecule has 0 spiro atoms. The number of methoxy groups -OCH3 is 3. The fraction of sp³-hybridized carbons (Fsp3) is 0.100. The number of fused-ring (bicyclic) bond motifs is 3. The van der Waals surface area contributed by atoms with Gasteiger partial charge in [0, 0.05) is 91.7 Å². The Morgan fingerprint density at radius 2 is 0.819 bits per heavy atom. The lowest BCUT2D eigenvalue weighted by molar-refractivity contribution is 0.397. The molecule has 0 saturated carbocycles. The fourth-order valence-corrected chi connectivity index (χ4v) is 11.8.